The van der Waals surface area contributed by atoms with Crippen molar-refractivity contribution < 1.29 is 19.4 Å². The third-order valence-electron chi connectivity index (χ3n) is 3.26. The van der Waals surface area contributed by atoms with Crippen molar-refractivity contribution in [2.75, 3.05) is 6.61 Å². The molecule has 2 aromatic rings. The molecule has 0 aliphatic heterocycles. The minimum Gasteiger partial charge on any atom is -0.507 e. The molecule has 126 valence electrons. The molecule has 1 atom stereocenters. The first-order valence-corrected chi connectivity index (χ1v) is 8.24. The van der Waals surface area contributed by atoms with Gasteiger partial charge in [0.2, 0.25) is 0 Å². The summed E-state index contributed by atoms with van der Waals surface area (Å²) in [4.78, 5) is 23.8. The molecule has 1 amide bonds. The standard InChI is InChI=1S/C17H15BrClNO4/c1-10(11-2-4-12(18)5-3-11)20-16(22)9-24-17(23)14-7-6-13(19)8-15(14)21/h2-8,10,21H,9H2,1H3,(H,20,22). The number of phenolic OH excluding ortho intramolecular Hbond substituents is 1. The maximum atomic E-state index is 11.9. The predicted octanol–water partition coefficient (Wildman–Crippen LogP) is 3.84. The van der Waals surface area contributed by atoms with Crippen LogP contribution in [0.25, 0.3) is 0 Å². The fourth-order valence-electron chi connectivity index (χ4n) is 2.00. The van der Waals surface area contributed by atoms with Crippen LogP contribution in [0, 0.1) is 0 Å². The van der Waals surface area contributed by atoms with Crippen LogP contribution < -0.4 is 5.32 Å². The number of esters is 1. The van der Waals surface area contributed by atoms with E-state index in [1.54, 1.807) is 0 Å². The average Bonchev–Trinajstić information content (AvgIpc) is 2.53. The van der Waals surface area contributed by atoms with Crippen molar-refractivity contribution >= 4 is 39.4 Å². The average molecular weight is 413 g/mol. The van der Waals surface area contributed by atoms with E-state index >= 15 is 0 Å². The van der Waals surface area contributed by atoms with Crippen molar-refractivity contribution in [2.24, 2.45) is 0 Å². The quantitative estimate of drug-likeness (QED) is 0.732. The van der Waals surface area contributed by atoms with Gasteiger partial charge in [0.25, 0.3) is 5.91 Å². The third kappa shape index (κ3) is 4.97. The van der Waals surface area contributed by atoms with Crippen LogP contribution in [0.3, 0.4) is 0 Å². The molecule has 0 saturated carbocycles. The van der Waals surface area contributed by atoms with Gasteiger partial charge in [-0.05, 0) is 42.8 Å². The van der Waals surface area contributed by atoms with Crippen LogP contribution in [0.15, 0.2) is 46.9 Å². The topological polar surface area (TPSA) is 75.6 Å². The van der Waals surface area contributed by atoms with Gasteiger partial charge in [0.15, 0.2) is 6.61 Å². The number of carbonyl (C=O) groups excluding carboxylic acids is 2. The number of ether oxygens (including phenoxy) is 1. The number of hydrogen-bond donors (Lipinski definition) is 2. The Labute approximate surface area is 152 Å². The van der Waals surface area contributed by atoms with E-state index < -0.39 is 18.5 Å². The highest BCUT2D eigenvalue weighted by Gasteiger charge is 2.16. The molecule has 0 fully saturated rings. The summed E-state index contributed by atoms with van der Waals surface area (Å²) in [6, 6.07) is 11.3. The van der Waals surface area contributed by atoms with Gasteiger partial charge >= 0.3 is 5.97 Å². The number of aromatic hydroxyl groups is 1. The number of carbonyl (C=O) groups is 2. The van der Waals surface area contributed by atoms with E-state index in [2.05, 4.69) is 21.2 Å². The zero-order chi connectivity index (χ0) is 17.7. The van der Waals surface area contributed by atoms with Crippen LogP contribution in [-0.4, -0.2) is 23.6 Å². The molecule has 0 radical (unpaired) electrons. The van der Waals surface area contributed by atoms with Gasteiger partial charge < -0.3 is 15.2 Å². The van der Waals surface area contributed by atoms with Gasteiger partial charge in [-0.3, -0.25) is 4.79 Å². The van der Waals surface area contributed by atoms with Crippen molar-refractivity contribution in [2.45, 2.75) is 13.0 Å². The number of benzene rings is 2. The van der Waals surface area contributed by atoms with Gasteiger partial charge in [-0.2, -0.15) is 0 Å². The Kier molecular flexibility index (Phi) is 6.23. The van der Waals surface area contributed by atoms with E-state index in [0.29, 0.717) is 5.02 Å². The van der Waals surface area contributed by atoms with Crippen LogP contribution in [0.5, 0.6) is 5.75 Å². The number of phenols is 1. The molecule has 2 N–H and O–H groups in total. The summed E-state index contributed by atoms with van der Waals surface area (Å²) in [7, 11) is 0. The van der Waals surface area contributed by atoms with Crippen LogP contribution in [0.2, 0.25) is 5.02 Å². The van der Waals surface area contributed by atoms with Crippen molar-refractivity contribution in [1.29, 1.82) is 0 Å². The zero-order valence-corrected chi connectivity index (χ0v) is 15.1. The first-order valence-electron chi connectivity index (χ1n) is 7.07. The van der Waals surface area contributed by atoms with E-state index in [1.807, 2.05) is 31.2 Å². The highest BCUT2D eigenvalue weighted by atomic mass is 79.9. The van der Waals surface area contributed by atoms with Gasteiger partial charge in [0.05, 0.1) is 6.04 Å². The molecule has 24 heavy (non-hydrogen) atoms. The molecule has 0 bridgehead atoms. The van der Waals surface area contributed by atoms with E-state index in [1.165, 1.54) is 18.2 Å². The van der Waals surface area contributed by atoms with Gasteiger partial charge in [0.1, 0.15) is 11.3 Å². The molecule has 7 heteroatoms. The Hall–Kier alpha value is -2.05. The lowest BCUT2D eigenvalue weighted by molar-refractivity contribution is -0.124. The first kappa shape index (κ1) is 18.3. The zero-order valence-electron chi connectivity index (χ0n) is 12.8. The molecule has 0 saturated heterocycles. The van der Waals surface area contributed by atoms with Crippen LogP contribution in [0.4, 0.5) is 0 Å². The van der Waals surface area contributed by atoms with Crippen LogP contribution in [-0.2, 0) is 9.53 Å². The highest BCUT2D eigenvalue weighted by Crippen LogP contribution is 2.22. The largest absolute Gasteiger partial charge is 0.507 e. The molecule has 1 unspecified atom stereocenters. The number of rotatable bonds is 5. The minimum absolute atomic E-state index is 0.0480. The number of halogens is 2. The summed E-state index contributed by atoms with van der Waals surface area (Å²) in [6.07, 6.45) is 0. The Morgan fingerprint density at radius 1 is 1.25 bits per heavy atom. The lowest BCUT2D eigenvalue weighted by Crippen LogP contribution is -2.31. The second-order valence-electron chi connectivity index (χ2n) is 5.08. The molecular weight excluding hydrogens is 398 g/mol. The summed E-state index contributed by atoms with van der Waals surface area (Å²) in [5.41, 5.74) is 0.876. The van der Waals surface area contributed by atoms with Crippen molar-refractivity contribution in [3.63, 3.8) is 0 Å². The maximum Gasteiger partial charge on any atom is 0.342 e. The molecular formula is C17H15BrClNO4. The molecule has 0 heterocycles. The lowest BCUT2D eigenvalue weighted by atomic mass is 10.1. The molecule has 0 aliphatic carbocycles. The van der Waals surface area contributed by atoms with E-state index in [4.69, 9.17) is 16.3 Å². The number of hydrogen-bond acceptors (Lipinski definition) is 4. The molecule has 2 rings (SSSR count). The SMILES string of the molecule is CC(NC(=O)COC(=O)c1ccc(Cl)cc1O)c1ccc(Br)cc1. The number of amides is 1. The van der Waals surface area contributed by atoms with Crippen molar-refractivity contribution in [3.05, 3.63) is 63.1 Å². The second-order valence-corrected chi connectivity index (χ2v) is 6.43. The molecule has 0 spiro atoms. The fraction of sp³-hybridized carbons (Fsp3) is 0.176. The second kappa shape index (κ2) is 8.17. The van der Waals surface area contributed by atoms with Gasteiger partial charge in [-0.1, -0.05) is 39.7 Å². The Morgan fingerprint density at radius 2 is 1.92 bits per heavy atom. The van der Waals surface area contributed by atoms with Gasteiger partial charge in [-0.15, -0.1) is 0 Å². The highest BCUT2D eigenvalue weighted by molar-refractivity contribution is 9.10. The summed E-state index contributed by atoms with van der Waals surface area (Å²) in [6.45, 7) is 1.38. The van der Waals surface area contributed by atoms with Crippen molar-refractivity contribution in [1.82, 2.24) is 5.32 Å². The maximum absolute atomic E-state index is 11.9. The first-order chi connectivity index (χ1) is 11.4. The summed E-state index contributed by atoms with van der Waals surface area (Å²) in [5.74, 6) is -1.53. The van der Waals surface area contributed by atoms with E-state index in [0.717, 1.165) is 10.0 Å². The van der Waals surface area contributed by atoms with Gasteiger partial charge in [-0.25, -0.2) is 4.79 Å². The predicted molar refractivity (Wildman–Crippen MR) is 94.1 cm³/mol. The normalized spacial score (nSPS) is 11.6. The van der Waals surface area contributed by atoms with Gasteiger partial charge in [0, 0.05) is 9.50 Å². The summed E-state index contributed by atoms with van der Waals surface area (Å²) >= 11 is 9.04. The molecule has 0 aromatic heterocycles. The molecule has 2 aromatic carbocycles. The third-order valence-corrected chi connectivity index (χ3v) is 4.03. The number of nitrogens with one attached hydrogen (secondary N) is 1. The smallest absolute Gasteiger partial charge is 0.342 e. The van der Waals surface area contributed by atoms with Crippen molar-refractivity contribution in [3.8, 4) is 5.75 Å². The Balaban J connectivity index is 1.88. The van der Waals surface area contributed by atoms with Crippen LogP contribution in [0.1, 0.15) is 28.9 Å². The van der Waals surface area contributed by atoms with E-state index in [-0.39, 0.29) is 17.4 Å². The lowest BCUT2D eigenvalue weighted by Gasteiger charge is -2.14. The summed E-state index contributed by atoms with van der Waals surface area (Å²) < 4.78 is 5.85. The van der Waals surface area contributed by atoms with Crippen LogP contribution >= 0.6 is 27.5 Å². The molecule has 0 aliphatic rings. The monoisotopic (exact) mass is 411 g/mol. The molecule has 5 nitrogen and oxygen atoms in total. The summed E-state index contributed by atoms with van der Waals surface area (Å²) in [5, 5.41) is 12.7. The van der Waals surface area contributed by atoms with E-state index in [9.17, 15) is 14.7 Å². The Morgan fingerprint density at radius 3 is 2.54 bits per heavy atom. The Bertz CT molecular complexity index is 749. The fourth-order valence-corrected chi connectivity index (χ4v) is 2.43. The minimum atomic E-state index is -0.796.